The van der Waals surface area contributed by atoms with Gasteiger partial charge in [0.05, 0.1) is 17.8 Å². The van der Waals surface area contributed by atoms with Crippen LogP contribution in [0, 0.1) is 6.92 Å². The third-order valence-corrected chi connectivity index (χ3v) is 8.03. The van der Waals surface area contributed by atoms with Crippen LogP contribution in [0.5, 0.6) is 0 Å². The lowest BCUT2D eigenvalue weighted by atomic mass is 10.0. The van der Waals surface area contributed by atoms with E-state index in [1.807, 2.05) is 37.3 Å². The first kappa shape index (κ1) is 28.1. The fourth-order valence-corrected chi connectivity index (χ4v) is 5.59. The van der Waals surface area contributed by atoms with E-state index in [1.165, 1.54) is 17.2 Å². The van der Waals surface area contributed by atoms with Crippen molar-refractivity contribution >= 4 is 35.0 Å². The van der Waals surface area contributed by atoms with Crippen LogP contribution in [0.15, 0.2) is 73.1 Å². The number of carbonyl (C=O) groups excluding carboxylic acids is 2. The minimum atomic E-state index is -2.70. The van der Waals surface area contributed by atoms with Crippen molar-refractivity contribution in [2.24, 2.45) is 0 Å². The molecule has 2 amide bonds. The number of thiophene rings is 1. The van der Waals surface area contributed by atoms with Gasteiger partial charge in [-0.05, 0) is 72.2 Å². The van der Waals surface area contributed by atoms with Crippen LogP contribution in [-0.2, 0) is 11.3 Å². The van der Waals surface area contributed by atoms with Crippen LogP contribution in [0.2, 0.25) is 0 Å². The number of hydrogen-bond acceptors (Lipinski definition) is 6. The van der Waals surface area contributed by atoms with Crippen LogP contribution >= 0.6 is 11.3 Å². The second kappa shape index (κ2) is 12.0. The number of rotatable bonds is 7. The molecule has 0 atom stereocenters. The first-order valence-corrected chi connectivity index (χ1v) is 14.0. The molecule has 1 aromatic carbocycles. The van der Waals surface area contributed by atoms with E-state index in [4.69, 9.17) is 5.73 Å². The van der Waals surface area contributed by atoms with Gasteiger partial charge in [-0.2, -0.15) is 0 Å². The molecule has 4 heterocycles. The van der Waals surface area contributed by atoms with E-state index in [0.717, 1.165) is 37.7 Å². The predicted molar refractivity (Wildman–Crippen MR) is 157 cm³/mol. The molecule has 3 aromatic heterocycles. The maximum atomic E-state index is 13.4. The summed E-state index contributed by atoms with van der Waals surface area (Å²) in [6.07, 6.45) is 5.65. The van der Waals surface area contributed by atoms with Crippen LogP contribution in [0.4, 0.5) is 14.6 Å². The number of likely N-dealkylation sites (tertiary alicyclic amines) is 1. The molecule has 7 nitrogen and oxygen atoms in total. The SMILES string of the molecule is Cc1cc(-c2ccc(C(=O)N3CCC(F)(F)CC3)cn2)ccc1-c1ccc(CNC(=O)/C=C/c2ccc(N)nc2)s1. The van der Waals surface area contributed by atoms with Crippen LogP contribution in [0.3, 0.4) is 0 Å². The van der Waals surface area contributed by atoms with Crippen molar-refractivity contribution in [3.05, 3.63) is 94.6 Å². The molecule has 210 valence electrons. The van der Waals surface area contributed by atoms with E-state index in [2.05, 4.69) is 15.3 Å². The molecular weight excluding hydrogens is 544 g/mol. The molecule has 5 rings (SSSR count). The van der Waals surface area contributed by atoms with E-state index >= 15 is 0 Å². The van der Waals surface area contributed by atoms with Crippen molar-refractivity contribution in [3.63, 3.8) is 0 Å². The normalized spacial score (nSPS) is 14.8. The molecule has 1 saturated heterocycles. The first-order chi connectivity index (χ1) is 19.7. The van der Waals surface area contributed by atoms with Gasteiger partial charge < -0.3 is 16.0 Å². The van der Waals surface area contributed by atoms with E-state index in [9.17, 15) is 18.4 Å². The highest BCUT2D eigenvalue weighted by molar-refractivity contribution is 7.15. The quantitative estimate of drug-likeness (QED) is 0.266. The molecule has 0 spiro atoms. The monoisotopic (exact) mass is 573 g/mol. The maximum absolute atomic E-state index is 13.4. The summed E-state index contributed by atoms with van der Waals surface area (Å²) in [7, 11) is 0. The molecule has 0 aliphatic carbocycles. The lowest BCUT2D eigenvalue weighted by molar-refractivity contribution is -0.116. The highest BCUT2D eigenvalue weighted by Crippen LogP contribution is 2.33. The van der Waals surface area contributed by atoms with Crippen LogP contribution in [0.1, 0.15) is 39.2 Å². The number of benzene rings is 1. The summed E-state index contributed by atoms with van der Waals surface area (Å²) < 4.78 is 26.9. The second-order valence-electron chi connectivity index (χ2n) is 9.94. The van der Waals surface area contributed by atoms with Gasteiger partial charge in [0.25, 0.3) is 11.8 Å². The number of pyridine rings is 2. The Morgan fingerprint density at radius 3 is 2.54 bits per heavy atom. The fraction of sp³-hybridized carbons (Fsp3) is 0.226. The third kappa shape index (κ3) is 7.01. The molecule has 1 aliphatic rings. The number of nitrogens with one attached hydrogen (secondary N) is 1. The summed E-state index contributed by atoms with van der Waals surface area (Å²) in [6, 6.07) is 17.1. The van der Waals surface area contributed by atoms with Crippen molar-refractivity contribution in [2.45, 2.75) is 32.2 Å². The molecule has 0 bridgehead atoms. The number of piperidine rings is 1. The maximum Gasteiger partial charge on any atom is 0.255 e. The average Bonchev–Trinajstić information content (AvgIpc) is 3.44. The third-order valence-electron chi connectivity index (χ3n) is 6.92. The minimum absolute atomic E-state index is 0.0462. The molecule has 1 fully saturated rings. The Labute approximate surface area is 240 Å². The highest BCUT2D eigenvalue weighted by Gasteiger charge is 2.35. The van der Waals surface area contributed by atoms with Crippen LogP contribution in [0.25, 0.3) is 27.8 Å². The fourth-order valence-electron chi connectivity index (χ4n) is 4.55. The van der Waals surface area contributed by atoms with Crippen molar-refractivity contribution in [1.29, 1.82) is 0 Å². The van der Waals surface area contributed by atoms with Gasteiger partial charge >= 0.3 is 0 Å². The zero-order valence-corrected chi connectivity index (χ0v) is 23.3. The van der Waals surface area contributed by atoms with Gasteiger partial charge in [-0.25, -0.2) is 13.8 Å². The number of aromatic nitrogens is 2. The Bertz CT molecular complexity index is 1570. The van der Waals surface area contributed by atoms with Crippen molar-refractivity contribution in [1.82, 2.24) is 20.2 Å². The van der Waals surface area contributed by atoms with Gasteiger partial charge in [0.2, 0.25) is 5.91 Å². The predicted octanol–water partition coefficient (Wildman–Crippen LogP) is 5.96. The smallest absolute Gasteiger partial charge is 0.255 e. The standard InChI is InChI=1S/C31H29F2N5O2S/c1-20-16-22(26-8-5-23(18-35-26)30(40)38-14-12-31(32,33)13-15-38)4-7-25(20)27-9-6-24(41-27)19-37-29(39)11-3-21-2-10-28(34)36-17-21/h2-11,16-18H,12-15,19H2,1H3,(H2,34,36)(H,37,39)/b11-3+. The zero-order chi connectivity index (χ0) is 29.0. The largest absolute Gasteiger partial charge is 0.384 e. The van der Waals surface area contributed by atoms with Gasteiger partial charge in [0, 0.05) is 59.7 Å². The van der Waals surface area contributed by atoms with Crippen LogP contribution in [-0.4, -0.2) is 45.7 Å². The van der Waals surface area contributed by atoms with Gasteiger partial charge in [-0.3, -0.25) is 14.6 Å². The number of aryl methyl sites for hydroxylation is 1. The Morgan fingerprint density at radius 1 is 1.05 bits per heavy atom. The van der Waals surface area contributed by atoms with E-state index in [1.54, 1.807) is 47.9 Å². The molecule has 3 N–H and O–H groups in total. The molecule has 4 aromatic rings. The number of nitrogen functional groups attached to an aromatic ring is 1. The first-order valence-electron chi connectivity index (χ1n) is 13.2. The highest BCUT2D eigenvalue weighted by atomic mass is 32.1. The van der Waals surface area contributed by atoms with Crippen molar-refractivity contribution in [3.8, 4) is 21.7 Å². The Balaban J connectivity index is 1.19. The number of amides is 2. The number of anilines is 1. The van der Waals surface area contributed by atoms with Gasteiger partial charge in [-0.15, -0.1) is 11.3 Å². The minimum Gasteiger partial charge on any atom is -0.384 e. The lowest BCUT2D eigenvalue weighted by Gasteiger charge is -2.31. The molecule has 10 heteroatoms. The Hall–Kier alpha value is -4.44. The molecule has 0 unspecified atom stereocenters. The summed E-state index contributed by atoms with van der Waals surface area (Å²) in [5.41, 5.74) is 10.5. The van der Waals surface area contributed by atoms with E-state index in [-0.39, 0.29) is 37.7 Å². The number of nitrogens with two attached hydrogens (primary N) is 1. The topological polar surface area (TPSA) is 101 Å². The van der Waals surface area contributed by atoms with Gasteiger partial charge in [0.1, 0.15) is 5.82 Å². The van der Waals surface area contributed by atoms with Crippen molar-refractivity contribution in [2.75, 3.05) is 18.8 Å². The summed E-state index contributed by atoms with van der Waals surface area (Å²) in [6.45, 7) is 2.54. The molecule has 1 aliphatic heterocycles. The summed E-state index contributed by atoms with van der Waals surface area (Å²) in [5.74, 6) is -2.74. The summed E-state index contributed by atoms with van der Waals surface area (Å²) >= 11 is 1.61. The number of nitrogens with zero attached hydrogens (tertiary/aromatic N) is 3. The molecular formula is C31H29F2N5O2S. The lowest BCUT2D eigenvalue weighted by Crippen LogP contribution is -2.42. The van der Waals surface area contributed by atoms with Crippen LogP contribution < -0.4 is 11.1 Å². The Morgan fingerprint density at radius 2 is 1.85 bits per heavy atom. The summed E-state index contributed by atoms with van der Waals surface area (Å²) in [5, 5.41) is 2.90. The van der Waals surface area contributed by atoms with Gasteiger partial charge in [0.15, 0.2) is 0 Å². The number of carbonyl (C=O) groups is 2. The van der Waals surface area contributed by atoms with E-state index in [0.29, 0.717) is 17.9 Å². The van der Waals surface area contributed by atoms with Gasteiger partial charge in [-0.1, -0.05) is 12.1 Å². The van der Waals surface area contributed by atoms with E-state index < -0.39 is 5.92 Å². The van der Waals surface area contributed by atoms with Crippen molar-refractivity contribution < 1.29 is 18.4 Å². The molecule has 0 saturated carbocycles. The molecule has 0 radical (unpaired) electrons. The molecule has 41 heavy (non-hydrogen) atoms. The summed E-state index contributed by atoms with van der Waals surface area (Å²) in [4.78, 5) is 37.0. The Kier molecular flexibility index (Phi) is 8.21. The second-order valence-corrected chi connectivity index (χ2v) is 11.1. The number of hydrogen-bond donors (Lipinski definition) is 2. The number of alkyl halides is 2. The average molecular weight is 574 g/mol. The number of halogens is 2. The zero-order valence-electron chi connectivity index (χ0n) is 22.4.